The molecular formula is C24H22ClF3N4O2. The molecule has 0 bridgehead atoms. The van der Waals surface area contributed by atoms with E-state index >= 15 is 0 Å². The van der Waals surface area contributed by atoms with Crippen LogP contribution in [0.25, 0.3) is 22.6 Å². The normalized spacial score (nSPS) is 15.7. The molecule has 1 fully saturated rings. The number of alkyl halides is 3. The van der Waals surface area contributed by atoms with E-state index < -0.39 is 18.2 Å². The highest BCUT2D eigenvalue weighted by molar-refractivity contribution is 6.30. The zero-order valence-electron chi connectivity index (χ0n) is 18.3. The van der Waals surface area contributed by atoms with Crippen LogP contribution in [0.2, 0.25) is 5.02 Å². The van der Waals surface area contributed by atoms with Gasteiger partial charge in [0.25, 0.3) is 0 Å². The predicted octanol–water partition coefficient (Wildman–Crippen LogP) is 5.57. The second kappa shape index (κ2) is 9.97. The van der Waals surface area contributed by atoms with E-state index in [1.165, 1.54) is 6.92 Å². The van der Waals surface area contributed by atoms with E-state index in [0.29, 0.717) is 42.6 Å². The zero-order chi connectivity index (χ0) is 24.3. The Morgan fingerprint density at radius 1 is 1.12 bits per heavy atom. The number of pyridine rings is 1. The van der Waals surface area contributed by atoms with E-state index in [2.05, 4.69) is 14.6 Å². The number of esters is 1. The van der Waals surface area contributed by atoms with Crippen molar-refractivity contribution in [1.82, 2.24) is 15.0 Å². The van der Waals surface area contributed by atoms with Gasteiger partial charge in [-0.05, 0) is 49.9 Å². The van der Waals surface area contributed by atoms with Gasteiger partial charge < -0.3 is 9.64 Å². The summed E-state index contributed by atoms with van der Waals surface area (Å²) in [5, 5.41) is 0.618. The molecule has 6 nitrogen and oxygen atoms in total. The lowest BCUT2D eigenvalue weighted by molar-refractivity contribution is -0.206. The smallest absolute Gasteiger partial charge is 0.456 e. The van der Waals surface area contributed by atoms with Crippen LogP contribution in [0.3, 0.4) is 0 Å². The molecule has 10 heteroatoms. The van der Waals surface area contributed by atoms with E-state index in [9.17, 15) is 18.0 Å². The minimum atomic E-state index is -4.99. The van der Waals surface area contributed by atoms with Crippen LogP contribution in [0.1, 0.15) is 19.8 Å². The Morgan fingerprint density at radius 2 is 1.82 bits per heavy atom. The number of carbonyl (C=O) groups is 1. The van der Waals surface area contributed by atoms with Gasteiger partial charge in [-0.1, -0.05) is 23.7 Å². The predicted molar refractivity (Wildman–Crippen MR) is 122 cm³/mol. The van der Waals surface area contributed by atoms with E-state index in [4.69, 9.17) is 21.6 Å². The number of carbonyl (C=O) groups excluding carboxylic acids is 1. The van der Waals surface area contributed by atoms with Crippen molar-refractivity contribution in [2.75, 3.05) is 18.0 Å². The summed E-state index contributed by atoms with van der Waals surface area (Å²) in [6.07, 6.45) is -1.32. The van der Waals surface area contributed by atoms with Crippen molar-refractivity contribution in [2.24, 2.45) is 5.92 Å². The molecule has 0 saturated carbocycles. The first-order chi connectivity index (χ1) is 16.2. The topological polar surface area (TPSA) is 68.2 Å². The molecule has 0 amide bonds. The molecule has 3 heterocycles. The maximum Gasteiger partial charge on any atom is 0.490 e. The maximum atomic E-state index is 12.5. The van der Waals surface area contributed by atoms with Gasteiger partial charge >= 0.3 is 12.1 Å². The Morgan fingerprint density at radius 3 is 2.44 bits per heavy atom. The molecule has 178 valence electrons. The Labute approximate surface area is 199 Å². The molecule has 4 rings (SSSR count). The number of anilines is 1. The molecule has 1 unspecified atom stereocenters. The summed E-state index contributed by atoms with van der Waals surface area (Å²) < 4.78 is 42.2. The van der Waals surface area contributed by atoms with E-state index in [1.807, 2.05) is 30.3 Å². The van der Waals surface area contributed by atoms with Crippen LogP contribution in [0.15, 0.2) is 54.9 Å². The number of ether oxygens (including phenoxy) is 1. The van der Waals surface area contributed by atoms with E-state index in [1.54, 1.807) is 24.5 Å². The van der Waals surface area contributed by atoms with Gasteiger partial charge in [-0.25, -0.2) is 14.8 Å². The Balaban J connectivity index is 1.55. The second-order valence-electron chi connectivity index (χ2n) is 8.12. The van der Waals surface area contributed by atoms with Gasteiger partial charge in [-0.3, -0.25) is 4.98 Å². The molecular weight excluding hydrogens is 469 g/mol. The molecule has 0 spiro atoms. The minimum absolute atomic E-state index is 0.169. The van der Waals surface area contributed by atoms with Gasteiger partial charge in [0, 0.05) is 47.7 Å². The SMILES string of the molecule is CC(OC(=O)C(F)(F)F)C1CCN(c2cc(-c3ccc(Cl)cc3)nc(-c3cccnc3)n2)CC1. The molecule has 0 radical (unpaired) electrons. The molecule has 0 aliphatic carbocycles. The van der Waals surface area contributed by atoms with E-state index in [-0.39, 0.29) is 5.92 Å². The van der Waals surface area contributed by atoms with Gasteiger partial charge in [0.15, 0.2) is 5.82 Å². The number of piperidine rings is 1. The molecule has 0 N–H and O–H groups in total. The van der Waals surface area contributed by atoms with Gasteiger partial charge in [-0.15, -0.1) is 0 Å². The molecule has 1 aliphatic rings. The van der Waals surface area contributed by atoms with Crippen LogP contribution >= 0.6 is 11.6 Å². The summed E-state index contributed by atoms with van der Waals surface area (Å²) in [6.45, 7) is 2.62. The average molecular weight is 491 g/mol. The molecule has 1 saturated heterocycles. The monoisotopic (exact) mass is 490 g/mol. The largest absolute Gasteiger partial charge is 0.490 e. The van der Waals surface area contributed by atoms with Gasteiger partial charge in [0.05, 0.1) is 5.69 Å². The van der Waals surface area contributed by atoms with Crippen LogP contribution in [-0.2, 0) is 9.53 Å². The van der Waals surface area contributed by atoms with Crippen LogP contribution in [0.4, 0.5) is 19.0 Å². The number of rotatable bonds is 5. The number of halogens is 4. The molecule has 2 aromatic heterocycles. The standard InChI is InChI=1S/C24H22ClF3N4O2/c1-15(34-23(33)24(26,27)28)16-8-11-32(12-9-16)21-13-20(17-4-6-19(25)7-5-17)30-22(31-21)18-3-2-10-29-14-18/h2-7,10,13-16H,8-9,11-12H2,1H3. The van der Waals surface area contributed by atoms with Gasteiger partial charge in [0.1, 0.15) is 11.9 Å². The van der Waals surface area contributed by atoms with Crippen molar-refractivity contribution >= 4 is 23.4 Å². The quantitative estimate of drug-likeness (QED) is 0.436. The zero-order valence-corrected chi connectivity index (χ0v) is 19.1. The molecule has 1 aliphatic heterocycles. The lowest BCUT2D eigenvalue weighted by atomic mass is 9.92. The number of aromatic nitrogens is 3. The Kier molecular flexibility index (Phi) is 7.02. The fourth-order valence-electron chi connectivity index (χ4n) is 3.92. The van der Waals surface area contributed by atoms with Crippen molar-refractivity contribution in [2.45, 2.75) is 32.0 Å². The number of hydrogen-bond donors (Lipinski definition) is 0. The molecule has 34 heavy (non-hydrogen) atoms. The lowest BCUT2D eigenvalue weighted by Crippen LogP contribution is -2.40. The maximum absolute atomic E-state index is 12.5. The van der Waals surface area contributed by atoms with E-state index in [0.717, 1.165) is 16.8 Å². The van der Waals surface area contributed by atoms with Crippen LogP contribution in [0.5, 0.6) is 0 Å². The Hall–Kier alpha value is -3.20. The first kappa shape index (κ1) is 23.9. The fraction of sp³-hybridized carbons (Fsp3) is 0.333. The Bertz CT molecular complexity index is 1140. The second-order valence-corrected chi connectivity index (χ2v) is 8.55. The number of benzene rings is 1. The van der Waals surface area contributed by atoms with Crippen molar-refractivity contribution in [1.29, 1.82) is 0 Å². The number of nitrogens with zero attached hydrogens (tertiary/aromatic N) is 4. The summed E-state index contributed by atoms with van der Waals surface area (Å²) in [5.41, 5.74) is 2.36. The minimum Gasteiger partial charge on any atom is -0.456 e. The highest BCUT2D eigenvalue weighted by atomic mass is 35.5. The van der Waals surface area contributed by atoms with Crippen LogP contribution < -0.4 is 4.90 Å². The highest BCUT2D eigenvalue weighted by Gasteiger charge is 2.42. The van der Waals surface area contributed by atoms with Crippen molar-refractivity contribution in [3.8, 4) is 22.6 Å². The number of hydrogen-bond acceptors (Lipinski definition) is 6. The summed E-state index contributed by atoms with van der Waals surface area (Å²) in [6, 6.07) is 12.9. The first-order valence-corrected chi connectivity index (χ1v) is 11.2. The van der Waals surface area contributed by atoms with Crippen molar-refractivity contribution < 1.29 is 22.7 Å². The van der Waals surface area contributed by atoms with Crippen molar-refractivity contribution in [3.05, 3.63) is 59.9 Å². The van der Waals surface area contributed by atoms with Crippen molar-refractivity contribution in [3.63, 3.8) is 0 Å². The lowest BCUT2D eigenvalue weighted by Gasteiger charge is -2.35. The highest BCUT2D eigenvalue weighted by Crippen LogP contribution is 2.31. The third kappa shape index (κ3) is 5.64. The summed E-state index contributed by atoms with van der Waals surface area (Å²) in [5.74, 6) is -1.09. The van der Waals surface area contributed by atoms with Gasteiger partial charge in [-0.2, -0.15) is 13.2 Å². The summed E-state index contributed by atoms with van der Waals surface area (Å²) in [4.78, 5) is 26.8. The first-order valence-electron chi connectivity index (χ1n) is 10.8. The summed E-state index contributed by atoms with van der Waals surface area (Å²) in [7, 11) is 0. The summed E-state index contributed by atoms with van der Waals surface area (Å²) >= 11 is 6.03. The third-order valence-corrected chi connectivity index (χ3v) is 6.08. The molecule has 3 aromatic rings. The average Bonchev–Trinajstić information content (AvgIpc) is 2.84. The molecule has 1 atom stereocenters. The fourth-order valence-corrected chi connectivity index (χ4v) is 4.04. The van der Waals surface area contributed by atoms with Crippen LogP contribution in [0, 0.1) is 5.92 Å². The van der Waals surface area contributed by atoms with Crippen LogP contribution in [-0.4, -0.2) is 46.3 Å². The third-order valence-electron chi connectivity index (χ3n) is 5.82. The van der Waals surface area contributed by atoms with Gasteiger partial charge in [0.2, 0.25) is 0 Å². The molecule has 1 aromatic carbocycles.